The molecule has 1 aliphatic carbocycles. The van der Waals surface area contributed by atoms with E-state index in [0.29, 0.717) is 0 Å². The van der Waals surface area contributed by atoms with Gasteiger partial charge < -0.3 is 0 Å². The monoisotopic (exact) mass is 354 g/mol. The molecule has 1 atom stereocenters. The van der Waals surface area contributed by atoms with Crippen molar-refractivity contribution in [3.8, 4) is 0 Å². The summed E-state index contributed by atoms with van der Waals surface area (Å²) in [5, 5.41) is 2.49. The van der Waals surface area contributed by atoms with Gasteiger partial charge in [-0.25, -0.2) is 0 Å². The molecule has 0 aliphatic heterocycles. The SMILES string of the molecule is CCN(CC)[s+]1ccc(C2CCCCC2)c1CC=Cc1ccccc1. The van der Waals surface area contributed by atoms with Crippen LogP contribution in [0.1, 0.15) is 67.9 Å². The molecule has 1 aromatic carbocycles. The molecule has 1 saturated carbocycles. The predicted octanol–water partition coefficient (Wildman–Crippen LogP) is 6.72. The molecule has 0 radical (unpaired) electrons. The van der Waals surface area contributed by atoms with E-state index in [1.54, 1.807) is 10.4 Å². The molecular formula is C23H32NS+. The average molecular weight is 355 g/mol. The first-order valence-corrected chi connectivity index (χ1v) is 11.2. The van der Waals surface area contributed by atoms with Crippen LogP contribution >= 0.6 is 10.7 Å². The van der Waals surface area contributed by atoms with E-state index in [-0.39, 0.29) is 10.7 Å². The molecule has 1 unspecified atom stereocenters. The molecule has 1 heterocycles. The first-order chi connectivity index (χ1) is 12.3. The third kappa shape index (κ3) is 4.62. The van der Waals surface area contributed by atoms with Crippen molar-refractivity contribution in [2.24, 2.45) is 0 Å². The fraction of sp³-hybridized carbons (Fsp3) is 0.478. The predicted molar refractivity (Wildman–Crippen MR) is 113 cm³/mol. The normalized spacial score (nSPS) is 16.8. The minimum atomic E-state index is 0.189. The Bertz CT molecular complexity index is 661. The molecular weight excluding hydrogens is 322 g/mol. The second-order valence-corrected chi connectivity index (χ2v) is 8.87. The van der Waals surface area contributed by atoms with Crippen LogP contribution < -0.4 is 4.31 Å². The van der Waals surface area contributed by atoms with Crippen molar-refractivity contribution >= 4 is 16.7 Å². The number of thiophene rings is 1. The topological polar surface area (TPSA) is 3.24 Å². The molecule has 3 rings (SSSR count). The molecule has 134 valence electrons. The largest absolute Gasteiger partial charge is 0.179 e. The lowest BCUT2D eigenvalue weighted by Crippen LogP contribution is -2.21. The minimum Gasteiger partial charge on any atom is -0.106 e. The molecule has 0 spiro atoms. The molecule has 1 nitrogen and oxygen atoms in total. The number of hydrogen-bond acceptors (Lipinski definition) is 1. The highest BCUT2D eigenvalue weighted by Crippen LogP contribution is 2.41. The van der Waals surface area contributed by atoms with Crippen LogP contribution in [0, 0.1) is 0 Å². The highest BCUT2D eigenvalue weighted by Gasteiger charge is 2.29. The first-order valence-electron chi connectivity index (χ1n) is 9.94. The maximum Gasteiger partial charge on any atom is 0.179 e. The Labute approximate surface area is 156 Å². The van der Waals surface area contributed by atoms with Gasteiger partial charge in [0.25, 0.3) is 0 Å². The molecule has 1 fully saturated rings. The standard InChI is InChI=1S/C23H32NS/c1-3-24(4-2)25-19-18-22(21-15-9-6-10-16-21)23(25)17-11-14-20-12-7-5-8-13-20/h5,7-8,11-14,18-19,21H,3-4,6,9-10,15-17H2,1-2H3/q+1. The van der Waals surface area contributed by atoms with Gasteiger partial charge in [-0.2, -0.15) is 0 Å². The Kier molecular flexibility index (Phi) is 6.89. The molecule has 0 saturated heterocycles. The lowest BCUT2D eigenvalue weighted by Gasteiger charge is -2.21. The summed E-state index contributed by atoms with van der Waals surface area (Å²) in [7, 11) is 0.189. The number of allylic oxidation sites excluding steroid dienone is 1. The van der Waals surface area contributed by atoms with E-state index < -0.39 is 0 Å². The summed E-state index contributed by atoms with van der Waals surface area (Å²) in [6.07, 6.45) is 12.8. The quantitative estimate of drug-likeness (QED) is 0.499. The van der Waals surface area contributed by atoms with Crippen LogP contribution in [0.15, 0.2) is 47.9 Å². The zero-order valence-electron chi connectivity index (χ0n) is 15.8. The van der Waals surface area contributed by atoms with E-state index >= 15 is 0 Å². The Morgan fingerprint density at radius 3 is 2.40 bits per heavy atom. The summed E-state index contributed by atoms with van der Waals surface area (Å²) in [4.78, 5) is 1.68. The molecule has 0 N–H and O–H groups in total. The Hall–Kier alpha value is -1.38. The fourth-order valence-electron chi connectivity index (χ4n) is 4.02. The van der Waals surface area contributed by atoms with E-state index in [1.807, 2.05) is 0 Å². The Morgan fingerprint density at radius 2 is 1.72 bits per heavy atom. The molecule has 2 aromatic rings. The minimum absolute atomic E-state index is 0.189. The summed E-state index contributed by atoms with van der Waals surface area (Å²) < 4.78 is 2.62. The summed E-state index contributed by atoms with van der Waals surface area (Å²) in [5.41, 5.74) is 2.98. The van der Waals surface area contributed by atoms with Gasteiger partial charge in [-0.1, -0.05) is 61.7 Å². The maximum absolute atomic E-state index is 2.62. The van der Waals surface area contributed by atoms with Crippen LogP contribution in [0.5, 0.6) is 0 Å². The molecule has 1 aliphatic rings. The van der Waals surface area contributed by atoms with Crippen LogP contribution in [-0.2, 0) is 6.42 Å². The lowest BCUT2D eigenvalue weighted by atomic mass is 9.84. The van der Waals surface area contributed by atoms with Gasteiger partial charge in [0, 0.05) is 31.1 Å². The van der Waals surface area contributed by atoms with Crippen molar-refractivity contribution in [3.63, 3.8) is 0 Å². The van der Waals surface area contributed by atoms with Crippen molar-refractivity contribution in [2.45, 2.75) is 58.3 Å². The van der Waals surface area contributed by atoms with Gasteiger partial charge in [0.1, 0.15) is 0 Å². The van der Waals surface area contributed by atoms with Gasteiger partial charge in [0.05, 0.1) is 10.7 Å². The number of rotatable bonds is 7. The summed E-state index contributed by atoms with van der Waals surface area (Å²) >= 11 is 0. The van der Waals surface area contributed by atoms with Crippen LogP contribution in [0.25, 0.3) is 6.08 Å². The van der Waals surface area contributed by atoms with Gasteiger partial charge in [-0.3, -0.25) is 0 Å². The lowest BCUT2D eigenvalue weighted by molar-refractivity contribution is 0.443. The number of nitrogens with zero attached hydrogens (tertiary/aromatic N) is 1. The summed E-state index contributed by atoms with van der Waals surface area (Å²) in [6, 6.07) is 13.2. The van der Waals surface area contributed by atoms with E-state index in [1.165, 1.54) is 37.7 Å². The Morgan fingerprint density at radius 1 is 1.00 bits per heavy atom. The van der Waals surface area contributed by atoms with Crippen LogP contribution in [-0.4, -0.2) is 13.1 Å². The molecule has 2 heteroatoms. The van der Waals surface area contributed by atoms with Crippen LogP contribution in [0.3, 0.4) is 0 Å². The first kappa shape index (κ1) is 18.4. The third-order valence-corrected chi connectivity index (χ3v) is 7.77. The zero-order chi connectivity index (χ0) is 17.5. The second kappa shape index (κ2) is 9.35. The van der Waals surface area contributed by atoms with E-state index in [4.69, 9.17) is 0 Å². The summed E-state index contributed by atoms with van der Waals surface area (Å²) in [5.74, 6) is 0.804. The Balaban J connectivity index is 1.84. The van der Waals surface area contributed by atoms with Crippen LogP contribution in [0.2, 0.25) is 0 Å². The fourth-order valence-corrected chi connectivity index (χ4v) is 6.25. The average Bonchev–Trinajstić information content (AvgIpc) is 3.08. The zero-order valence-corrected chi connectivity index (χ0v) is 16.6. The van der Waals surface area contributed by atoms with Gasteiger partial charge in [-0.15, -0.1) is 4.31 Å². The van der Waals surface area contributed by atoms with Crippen LogP contribution in [0.4, 0.5) is 0 Å². The van der Waals surface area contributed by atoms with Crippen molar-refractivity contribution < 1.29 is 0 Å². The number of benzene rings is 1. The van der Waals surface area contributed by atoms with Gasteiger partial charge in [0.15, 0.2) is 10.3 Å². The highest BCUT2D eigenvalue weighted by atomic mass is 32.2. The van der Waals surface area contributed by atoms with Crippen molar-refractivity contribution in [1.82, 2.24) is 0 Å². The third-order valence-electron chi connectivity index (χ3n) is 5.39. The number of hydrogen-bond donors (Lipinski definition) is 0. The van der Waals surface area contributed by atoms with Crippen molar-refractivity contribution in [2.75, 3.05) is 17.4 Å². The van der Waals surface area contributed by atoms with Crippen molar-refractivity contribution in [1.29, 1.82) is 0 Å². The molecule has 0 amide bonds. The van der Waals surface area contributed by atoms with Crippen molar-refractivity contribution in [3.05, 3.63) is 63.9 Å². The molecule has 1 aromatic heterocycles. The van der Waals surface area contributed by atoms with Gasteiger partial charge in [0.2, 0.25) is 0 Å². The molecule has 25 heavy (non-hydrogen) atoms. The highest BCUT2D eigenvalue weighted by molar-refractivity contribution is 7.32. The van der Waals surface area contributed by atoms with Gasteiger partial charge in [-0.05, 0) is 38.2 Å². The molecule has 0 bridgehead atoms. The van der Waals surface area contributed by atoms with E-state index in [0.717, 1.165) is 25.4 Å². The van der Waals surface area contributed by atoms with Gasteiger partial charge >= 0.3 is 0 Å². The second-order valence-electron chi connectivity index (χ2n) is 6.96. The maximum atomic E-state index is 2.62. The van der Waals surface area contributed by atoms with E-state index in [9.17, 15) is 0 Å². The van der Waals surface area contributed by atoms with E-state index in [2.05, 4.69) is 72.1 Å². The smallest absolute Gasteiger partial charge is 0.106 e. The summed E-state index contributed by atoms with van der Waals surface area (Å²) in [6.45, 7) is 6.85.